The second kappa shape index (κ2) is 6.42. The van der Waals surface area contributed by atoms with Gasteiger partial charge in [-0.3, -0.25) is 0 Å². The fraction of sp³-hybridized carbons (Fsp3) is 0.500. The molecule has 0 heterocycles. The van der Waals surface area contributed by atoms with Gasteiger partial charge in [0.05, 0.1) is 31.2 Å². The second-order valence-corrected chi connectivity index (χ2v) is 4.04. The molecule has 18 heavy (non-hydrogen) atoms. The average molecular weight is 258 g/mol. The third-order valence-electron chi connectivity index (χ3n) is 2.55. The lowest BCUT2D eigenvalue weighted by Crippen LogP contribution is -2.32. The number of ether oxygens (including phenoxy) is 2. The van der Waals surface area contributed by atoms with Crippen LogP contribution in [0.15, 0.2) is 12.1 Å². The maximum absolute atomic E-state index is 13.8. The monoisotopic (exact) mass is 258 g/mol. The van der Waals surface area contributed by atoms with Gasteiger partial charge in [0.15, 0.2) is 0 Å². The summed E-state index contributed by atoms with van der Waals surface area (Å²) in [5, 5.41) is 9.61. The molecular formula is C12H19FN2O3. The van der Waals surface area contributed by atoms with E-state index in [4.69, 9.17) is 15.2 Å². The Labute approximate surface area is 106 Å². The Hall–Kier alpha value is -1.53. The number of hydrogen-bond acceptors (Lipinski definition) is 5. The van der Waals surface area contributed by atoms with Gasteiger partial charge < -0.3 is 25.2 Å². The van der Waals surface area contributed by atoms with Crippen molar-refractivity contribution in [3.05, 3.63) is 17.9 Å². The maximum Gasteiger partial charge on any atom is 0.148 e. The molecule has 1 unspecified atom stereocenters. The zero-order chi connectivity index (χ0) is 13.7. The number of methoxy groups -OCH3 is 2. The van der Waals surface area contributed by atoms with E-state index in [0.29, 0.717) is 11.4 Å². The maximum atomic E-state index is 13.8. The fourth-order valence-corrected chi connectivity index (χ4v) is 1.69. The molecule has 0 aliphatic rings. The van der Waals surface area contributed by atoms with E-state index in [1.54, 1.807) is 11.9 Å². The molecule has 0 aliphatic carbocycles. The summed E-state index contributed by atoms with van der Waals surface area (Å²) in [5.41, 5.74) is 6.15. The number of likely N-dealkylation sites (N-methyl/N-ethyl adjacent to an activating group) is 1. The molecule has 0 radical (unpaired) electrons. The van der Waals surface area contributed by atoms with Crippen molar-refractivity contribution in [3.8, 4) is 5.75 Å². The molecule has 0 saturated heterocycles. The molecule has 1 rings (SSSR count). The number of aliphatic hydroxyl groups excluding tert-OH is 1. The number of nitrogens with zero attached hydrogens (tertiary/aromatic N) is 1. The lowest BCUT2D eigenvalue weighted by Gasteiger charge is -2.23. The molecule has 3 N–H and O–H groups in total. The van der Waals surface area contributed by atoms with E-state index in [1.165, 1.54) is 26.4 Å². The SMILES string of the molecule is COCC(O)CN(C)c1cc(OC)c(N)cc1F. The number of nitrogens with two attached hydrogens (primary N) is 1. The Kier molecular flexibility index (Phi) is 5.18. The van der Waals surface area contributed by atoms with E-state index in [1.807, 2.05) is 0 Å². The van der Waals surface area contributed by atoms with Crippen molar-refractivity contribution in [2.45, 2.75) is 6.10 Å². The summed E-state index contributed by atoms with van der Waals surface area (Å²) in [4.78, 5) is 1.58. The van der Waals surface area contributed by atoms with Gasteiger partial charge in [0, 0.05) is 32.8 Å². The summed E-state index contributed by atoms with van der Waals surface area (Å²) >= 11 is 0. The van der Waals surface area contributed by atoms with Crippen molar-refractivity contribution in [3.63, 3.8) is 0 Å². The first-order chi connectivity index (χ1) is 8.49. The molecule has 0 spiro atoms. The molecule has 1 aromatic rings. The molecule has 1 atom stereocenters. The van der Waals surface area contributed by atoms with E-state index >= 15 is 0 Å². The Morgan fingerprint density at radius 1 is 1.44 bits per heavy atom. The zero-order valence-corrected chi connectivity index (χ0v) is 10.8. The molecule has 0 bridgehead atoms. The van der Waals surface area contributed by atoms with Gasteiger partial charge in [-0.2, -0.15) is 0 Å². The molecule has 5 nitrogen and oxygen atoms in total. The predicted molar refractivity (Wildman–Crippen MR) is 68.5 cm³/mol. The van der Waals surface area contributed by atoms with Crippen LogP contribution < -0.4 is 15.4 Å². The van der Waals surface area contributed by atoms with Crippen molar-refractivity contribution in [1.29, 1.82) is 0 Å². The number of aliphatic hydroxyl groups is 1. The van der Waals surface area contributed by atoms with Crippen molar-refractivity contribution >= 4 is 11.4 Å². The van der Waals surface area contributed by atoms with Gasteiger partial charge in [-0.15, -0.1) is 0 Å². The Bertz CT molecular complexity index is 401. The molecular weight excluding hydrogens is 239 g/mol. The van der Waals surface area contributed by atoms with Crippen molar-refractivity contribution in [2.24, 2.45) is 0 Å². The molecule has 102 valence electrons. The minimum atomic E-state index is -0.692. The highest BCUT2D eigenvalue weighted by Crippen LogP contribution is 2.30. The first kappa shape index (κ1) is 14.5. The summed E-state index contributed by atoms with van der Waals surface area (Å²) in [5.74, 6) is -0.0556. The zero-order valence-electron chi connectivity index (χ0n) is 10.8. The summed E-state index contributed by atoms with van der Waals surface area (Å²) < 4.78 is 23.6. The number of nitrogen functional groups attached to an aromatic ring is 1. The number of anilines is 2. The number of rotatable bonds is 6. The smallest absolute Gasteiger partial charge is 0.148 e. The number of halogens is 1. The summed E-state index contributed by atoms with van der Waals surface area (Å²) in [6, 6.07) is 2.71. The van der Waals surface area contributed by atoms with Gasteiger partial charge in [0.2, 0.25) is 0 Å². The van der Waals surface area contributed by atoms with Crippen molar-refractivity contribution < 1.29 is 19.0 Å². The van der Waals surface area contributed by atoms with Gasteiger partial charge in [-0.1, -0.05) is 0 Å². The van der Waals surface area contributed by atoms with E-state index in [-0.39, 0.29) is 18.8 Å². The minimum absolute atomic E-state index is 0.193. The van der Waals surface area contributed by atoms with E-state index in [9.17, 15) is 9.50 Å². The van der Waals surface area contributed by atoms with Crippen LogP contribution in [0.2, 0.25) is 0 Å². The average Bonchev–Trinajstić information content (AvgIpc) is 2.29. The van der Waals surface area contributed by atoms with Gasteiger partial charge in [-0.05, 0) is 0 Å². The number of benzene rings is 1. The standard InChI is InChI=1S/C12H19FN2O3/c1-15(6-8(16)7-17-2)11-5-12(18-3)10(14)4-9(11)13/h4-5,8,16H,6-7,14H2,1-3H3. The van der Waals surface area contributed by atoms with E-state index in [0.717, 1.165) is 0 Å². The highest BCUT2D eigenvalue weighted by molar-refractivity contribution is 5.63. The first-order valence-electron chi connectivity index (χ1n) is 5.50. The van der Waals surface area contributed by atoms with E-state index in [2.05, 4.69) is 0 Å². The van der Waals surface area contributed by atoms with Crippen LogP contribution in [-0.2, 0) is 4.74 Å². The largest absolute Gasteiger partial charge is 0.495 e. The van der Waals surface area contributed by atoms with Gasteiger partial charge in [-0.25, -0.2) is 4.39 Å². The van der Waals surface area contributed by atoms with Crippen molar-refractivity contribution in [2.75, 3.05) is 45.1 Å². The third-order valence-corrected chi connectivity index (χ3v) is 2.55. The highest BCUT2D eigenvalue weighted by Gasteiger charge is 2.15. The Morgan fingerprint density at radius 3 is 2.67 bits per heavy atom. The van der Waals surface area contributed by atoms with Crippen LogP contribution in [0.3, 0.4) is 0 Å². The van der Waals surface area contributed by atoms with Crippen LogP contribution in [0, 0.1) is 5.82 Å². The molecule has 1 aromatic carbocycles. The van der Waals surface area contributed by atoms with Gasteiger partial charge in [0.25, 0.3) is 0 Å². The van der Waals surface area contributed by atoms with Gasteiger partial charge >= 0.3 is 0 Å². The van der Waals surface area contributed by atoms with Crippen LogP contribution in [0.4, 0.5) is 15.8 Å². The molecule has 0 aliphatic heterocycles. The highest BCUT2D eigenvalue weighted by atomic mass is 19.1. The predicted octanol–water partition coefficient (Wildman–Crippen LogP) is 0.860. The van der Waals surface area contributed by atoms with Crippen LogP contribution in [0.1, 0.15) is 0 Å². The third kappa shape index (κ3) is 3.48. The fourth-order valence-electron chi connectivity index (χ4n) is 1.69. The minimum Gasteiger partial charge on any atom is -0.495 e. The summed E-state index contributed by atoms with van der Waals surface area (Å²) in [7, 11) is 4.64. The molecule has 0 aromatic heterocycles. The summed E-state index contributed by atoms with van der Waals surface area (Å²) in [6.45, 7) is 0.440. The van der Waals surface area contributed by atoms with Crippen LogP contribution >= 0.6 is 0 Å². The molecule has 0 fully saturated rings. The Balaban J connectivity index is 2.87. The molecule has 0 saturated carbocycles. The lowest BCUT2D eigenvalue weighted by atomic mass is 10.2. The number of hydrogen-bond donors (Lipinski definition) is 2. The van der Waals surface area contributed by atoms with Gasteiger partial charge in [0.1, 0.15) is 11.6 Å². The van der Waals surface area contributed by atoms with Crippen molar-refractivity contribution in [1.82, 2.24) is 0 Å². The normalized spacial score (nSPS) is 12.3. The lowest BCUT2D eigenvalue weighted by molar-refractivity contribution is 0.0694. The van der Waals surface area contributed by atoms with Crippen LogP contribution in [0.25, 0.3) is 0 Å². The Morgan fingerprint density at radius 2 is 2.11 bits per heavy atom. The quantitative estimate of drug-likeness (QED) is 0.741. The molecule has 0 amide bonds. The van der Waals surface area contributed by atoms with Crippen LogP contribution in [-0.4, -0.2) is 45.6 Å². The van der Waals surface area contributed by atoms with E-state index < -0.39 is 11.9 Å². The molecule has 6 heteroatoms. The second-order valence-electron chi connectivity index (χ2n) is 4.04. The topological polar surface area (TPSA) is 68.0 Å². The van der Waals surface area contributed by atoms with Crippen LogP contribution in [0.5, 0.6) is 5.75 Å². The first-order valence-corrected chi connectivity index (χ1v) is 5.50. The summed E-state index contributed by atoms with van der Waals surface area (Å²) in [6.07, 6.45) is -0.692.